The van der Waals surface area contributed by atoms with Crippen LogP contribution in [0, 0.1) is 0 Å². The van der Waals surface area contributed by atoms with E-state index >= 15 is 0 Å². The van der Waals surface area contributed by atoms with Gasteiger partial charge < -0.3 is 9.90 Å². The van der Waals surface area contributed by atoms with E-state index in [1.807, 2.05) is 0 Å². The van der Waals surface area contributed by atoms with Crippen LogP contribution in [0.3, 0.4) is 0 Å². The fourth-order valence-corrected chi connectivity index (χ4v) is 2.61. The van der Waals surface area contributed by atoms with Crippen molar-refractivity contribution in [1.29, 1.82) is 0 Å². The van der Waals surface area contributed by atoms with Gasteiger partial charge in [-0.15, -0.1) is 0 Å². The molecule has 0 aliphatic heterocycles. The number of carbonyl (C=O) groups is 1. The molecule has 6 heteroatoms. The Morgan fingerprint density at radius 3 is 2.41 bits per heavy atom. The number of nitrogens with one attached hydrogen (secondary N) is 1. The first kappa shape index (κ1) is 13.7. The molecule has 0 saturated heterocycles. The quantitative estimate of drug-likeness (QED) is 0.769. The van der Waals surface area contributed by atoms with Crippen molar-refractivity contribution in [2.75, 3.05) is 0 Å². The van der Waals surface area contributed by atoms with Gasteiger partial charge in [-0.3, -0.25) is 0 Å². The molecular weight excluding hydrogens is 242 g/mol. The van der Waals surface area contributed by atoms with E-state index in [0.717, 1.165) is 0 Å². The lowest BCUT2D eigenvalue weighted by Crippen LogP contribution is -2.47. The molecule has 5 nitrogen and oxygen atoms in total. The van der Waals surface area contributed by atoms with Crippen LogP contribution >= 0.6 is 0 Å². The summed E-state index contributed by atoms with van der Waals surface area (Å²) in [6, 6.07) is 6.44. The number of carboxylic acid groups (broad SMARTS) is 1. The van der Waals surface area contributed by atoms with Crippen molar-refractivity contribution >= 4 is 16.0 Å². The summed E-state index contributed by atoms with van der Waals surface area (Å²) in [6.07, 6.45) is 0.754. The van der Waals surface area contributed by atoms with Crippen LogP contribution in [0.2, 0.25) is 0 Å². The summed E-state index contributed by atoms with van der Waals surface area (Å²) in [5.74, 6) is -1.41. The molecule has 0 fully saturated rings. The Morgan fingerprint density at radius 2 is 1.94 bits per heavy atom. The molecule has 0 saturated carbocycles. The maximum atomic E-state index is 11.8. The lowest BCUT2D eigenvalue weighted by Gasteiger charge is -2.18. The molecular formula is C11H14NO4S-. The molecule has 1 rings (SSSR count). The summed E-state index contributed by atoms with van der Waals surface area (Å²) in [5.41, 5.74) is 0. The molecule has 1 atom stereocenters. The zero-order chi connectivity index (χ0) is 12.9. The van der Waals surface area contributed by atoms with Crippen LogP contribution in [0.5, 0.6) is 0 Å². The number of sulfonamides is 1. The first-order valence-corrected chi connectivity index (χ1v) is 6.74. The SMILES string of the molecule is CCC[C@@H](NS(=O)(=O)c1ccccc1)C(=O)[O-]. The van der Waals surface area contributed by atoms with E-state index in [1.165, 1.54) is 12.1 Å². The number of carbonyl (C=O) groups excluding carboxylic acids is 1. The lowest BCUT2D eigenvalue weighted by atomic mass is 10.2. The topological polar surface area (TPSA) is 86.3 Å². The third-order valence-corrected chi connectivity index (χ3v) is 3.70. The summed E-state index contributed by atoms with van der Waals surface area (Å²) >= 11 is 0. The summed E-state index contributed by atoms with van der Waals surface area (Å²) in [7, 11) is -3.80. The van der Waals surface area contributed by atoms with Gasteiger partial charge in [0.2, 0.25) is 10.0 Å². The van der Waals surface area contributed by atoms with E-state index in [2.05, 4.69) is 4.72 Å². The standard InChI is InChI=1S/C11H15NO4S/c1-2-6-10(11(13)14)12-17(15,16)9-7-4-3-5-8-9/h3-5,7-8,10,12H,2,6H2,1H3,(H,13,14)/p-1/t10-/m1/s1. The molecule has 0 amide bonds. The monoisotopic (exact) mass is 256 g/mol. The van der Waals surface area contributed by atoms with Crippen molar-refractivity contribution in [2.45, 2.75) is 30.7 Å². The van der Waals surface area contributed by atoms with E-state index in [9.17, 15) is 18.3 Å². The molecule has 0 heterocycles. The Kier molecular flexibility index (Phi) is 4.65. The maximum absolute atomic E-state index is 11.8. The van der Waals surface area contributed by atoms with Crippen LogP contribution in [0.1, 0.15) is 19.8 Å². The van der Waals surface area contributed by atoms with Gasteiger partial charge in [-0.1, -0.05) is 31.5 Å². The van der Waals surface area contributed by atoms with Crippen molar-refractivity contribution in [1.82, 2.24) is 4.72 Å². The molecule has 0 aliphatic carbocycles. The molecule has 0 spiro atoms. The van der Waals surface area contributed by atoms with Crippen molar-refractivity contribution in [3.8, 4) is 0 Å². The minimum atomic E-state index is -3.80. The van der Waals surface area contributed by atoms with Crippen LogP contribution in [0.15, 0.2) is 35.2 Å². The van der Waals surface area contributed by atoms with Gasteiger partial charge in [0, 0.05) is 0 Å². The number of hydrogen-bond acceptors (Lipinski definition) is 4. The van der Waals surface area contributed by atoms with E-state index < -0.39 is 22.0 Å². The third-order valence-electron chi connectivity index (χ3n) is 2.21. The average Bonchev–Trinajstić information content (AvgIpc) is 2.29. The molecule has 1 aromatic rings. The van der Waals surface area contributed by atoms with Gasteiger partial charge in [0.05, 0.1) is 16.9 Å². The van der Waals surface area contributed by atoms with Gasteiger partial charge in [0.25, 0.3) is 0 Å². The average molecular weight is 256 g/mol. The minimum Gasteiger partial charge on any atom is -0.548 e. The highest BCUT2D eigenvalue weighted by molar-refractivity contribution is 7.89. The van der Waals surface area contributed by atoms with Crippen LogP contribution in [0.25, 0.3) is 0 Å². The van der Waals surface area contributed by atoms with Crippen LogP contribution in [-0.4, -0.2) is 20.4 Å². The molecule has 1 aromatic carbocycles. The first-order valence-electron chi connectivity index (χ1n) is 5.25. The number of rotatable bonds is 6. The molecule has 0 aromatic heterocycles. The Morgan fingerprint density at radius 1 is 1.35 bits per heavy atom. The number of aliphatic carboxylic acids is 1. The Labute approximate surface area is 101 Å². The highest BCUT2D eigenvalue weighted by Gasteiger charge is 2.19. The summed E-state index contributed by atoms with van der Waals surface area (Å²) < 4.78 is 25.8. The van der Waals surface area contributed by atoms with E-state index in [4.69, 9.17) is 0 Å². The molecule has 0 aliphatic rings. The zero-order valence-electron chi connectivity index (χ0n) is 9.42. The predicted molar refractivity (Wildman–Crippen MR) is 60.5 cm³/mol. The van der Waals surface area contributed by atoms with Crippen LogP contribution in [-0.2, 0) is 14.8 Å². The Hall–Kier alpha value is -1.40. The van der Waals surface area contributed by atoms with E-state index in [-0.39, 0.29) is 11.3 Å². The largest absolute Gasteiger partial charge is 0.548 e. The number of hydrogen-bond donors (Lipinski definition) is 1. The fourth-order valence-electron chi connectivity index (χ4n) is 1.37. The second-order valence-electron chi connectivity index (χ2n) is 3.59. The van der Waals surface area contributed by atoms with Crippen molar-refractivity contribution in [3.05, 3.63) is 30.3 Å². The Balaban J connectivity index is 2.89. The summed E-state index contributed by atoms with van der Waals surface area (Å²) in [5, 5.41) is 10.8. The van der Waals surface area contributed by atoms with Crippen molar-refractivity contribution in [2.24, 2.45) is 0 Å². The fraction of sp³-hybridized carbons (Fsp3) is 0.364. The number of carboxylic acids is 1. The molecule has 1 N–H and O–H groups in total. The predicted octanol–water partition coefficient (Wildman–Crippen LogP) is -0.117. The zero-order valence-corrected chi connectivity index (χ0v) is 10.2. The number of benzene rings is 1. The van der Waals surface area contributed by atoms with Gasteiger partial charge in [0.15, 0.2) is 0 Å². The first-order chi connectivity index (χ1) is 7.97. The second kappa shape index (κ2) is 5.79. The molecule has 0 bridgehead atoms. The maximum Gasteiger partial charge on any atom is 0.241 e. The summed E-state index contributed by atoms with van der Waals surface area (Å²) in [4.78, 5) is 10.8. The normalized spacial score (nSPS) is 13.2. The molecule has 94 valence electrons. The smallest absolute Gasteiger partial charge is 0.241 e. The van der Waals surface area contributed by atoms with Gasteiger partial charge in [-0.2, -0.15) is 0 Å². The Bertz CT molecular complexity index is 470. The second-order valence-corrected chi connectivity index (χ2v) is 5.31. The van der Waals surface area contributed by atoms with Crippen LogP contribution in [0.4, 0.5) is 0 Å². The van der Waals surface area contributed by atoms with Gasteiger partial charge in [-0.05, 0) is 18.6 Å². The van der Waals surface area contributed by atoms with Crippen molar-refractivity contribution in [3.63, 3.8) is 0 Å². The molecule has 0 unspecified atom stereocenters. The lowest BCUT2D eigenvalue weighted by molar-refractivity contribution is -0.308. The molecule has 0 radical (unpaired) electrons. The van der Waals surface area contributed by atoms with Gasteiger partial charge in [-0.25, -0.2) is 13.1 Å². The van der Waals surface area contributed by atoms with Gasteiger partial charge >= 0.3 is 0 Å². The highest BCUT2D eigenvalue weighted by Crippen LogP contribution is 2.09. The highest BCUT2D eigenvalue weighted by atomic mass is 32.2. The minimum absolute atomic E-state index is 0.0438. The van der Waals surface area contributed by atoms with Crippen LogP contribution < -0.4 is 9.83 Å². The van der Waals surface area contributed by atoms with Crippen molar-refractivity contribution < 1.29 is 18.3 Å². The third kappa shape index (κ3) is 3.83. The van der Waals surface area contributed by atoms with Gasteiger partial charge in [0.1, 0.15) is 0 Å². The van der Waals surface area contributed by atoms with E-state index in [1.54, 1.807) is 25.1 Å². The molecule has 17 heavy (non-hydrogen) atoms. The van der Waals surface area contributed by atoms with E-state index in [0.29, 0.717) is 6.42 Å². The summed E-state index contributed by atoms with van der Waals surface area (Å²) in [6.45, 7) is 1.77.